The third kappa shape index (κ3) is 5.17. The number of amides is 2. The average molecular weight is 359 g/mol. The molecule has 0 spiro atoms. The van der Waals surface area contributed by atoms with Gasteiger partial charge in [-0.3, -0.25) is 9.59 Å². The molecule has 0 saturated carbocycles. The first-order valence-electron chi connectivity index (χ1n) is 7.88. The largest absolute Gasteiger partial charge is 0.471 e. The number of nitrogens with zero attached hydrogens (tertiary/aromatic N) is 1. The van der Waals surface area contributed by atoms with Crippen molar-refractivity contribution in [1.29, 1.82) is 0 Å². The van der Waals surface area contributed by atoms with E-state index in [9.17, 15) is 27.9 Å². The topological polar surface area (TPSA) is 81.7 Å². The van der Waals surface area contributed by atoms with Crippen molar-refractivity contribution in [3.05, 3.63) is 29.8 Å². The molecule has 1 saturated heterocycles. The van der Waals surface area contributed by atoms with E-state index in [1.165, 1.54) is 13.0 Å². The second-order valence-corrected chi connectivity index (χ2v) is 5.86. The highest BCUT2D eigenvalue weighted by Gasteiger charge is 2.41. The lowest BCUT2D eigenvalue weighted by atomic mass is 10.1. The minimum absolute atomic E-state index is 0.0845. The SMILES string of the molecule is CCN(Cc1cccc(NC(=O)C2CC(O)CN2)c1)C(=O)C(F)(F)F. The zero-order chi connectivity index (χ0) is 18.6. The highest BCUT2D eigenvalue weighted by molar-refractivity contribution is 5.95. The van der Waals surface area contributed by atoms with Crippen LogP contribution in [0.5, 0.6) is 0 Å². The fourth-order valence-electron chi connectivity index (χ4n) is 2.62. The third-order valence-corrected chi connectivity index (χ3v) is 3.90. The standard InChI is InChI=1S/C16H20F3N3O3/c1-2-22(15(25)16(17,18)19)9-10-4-3-5-11(6-10)21-14(24)13-7-12(23)8-20-13/h3-6,12-13,20,23H,2,7-9H2,1H3,(H,21,24). The quantitative estimate of drug-likeness (QED) is 0.739. The number of anilines is 1. The van der Waals surface area contributed by atoms with Crippen LogP contribution in [-0.4, -0.2) is 53.2 Å². The Morgan fingerprint density at radius 3 is 2.68 bits per heavy atom. The summed E-state index contributed by atoms with van der Waals surface area (Å²) in [7, 11) is 0. The molecule has 1 aliphatic heterocycles. The van der Waals surface area contributed by atoms with Gasteiger partial charge in [0, 0.05) is 25.3 Å². The van der Waals surface area contributed by atoms with Gasteiger partial charge in [-0.1, -0.05) is 12.1 Å². The Bertz CT molecular complexity index is 637. The van der Waals surface area contributed by atoms with E-state index in [0.717, 1.165) is 0 Å². The zero-order valence-corrected chi connectivity index (χ0v) is 13.6. The molecule has 0 bridgehead atoms. The van der Waals surface area contributed by atoms with Crippen molar-refractivity contribution in [1.82, 2.24) is 10.2 Å². The molecule has 3 N–H and O–H groups in total. The molecule has 1 heterocycles. The van der Waals surface area contributed by atoms with Gasteiger partial charge in [0.05, 0.1) is 12.1 Å². The number of aliphatic hydroxyl groups excluding tert-OH is 1. The number of nitrogens with one attached hydrogen (secondary N) is 2. The Morgan fingerprint density at radius 1 is 1.40 bits per heavy atom. The van der Waals surface area contributed by atoms with Crippen molar-refractivity contribution in [2.75, 3.05) is 18.4 Å². The van der Waals surface area contributed by atoms with E-state index in [-0.39, 0.29) is 19.0 Å². The summed E-state index contributed by atoms with van der Waals surface area (Å²) < 4.78 is 37.7. The summed E-state index contributed by atoms with van der Waals surface area (Å²) in [6, 6.07) is 5.79. The fourth-order valence-corrected chi connectivity index (χ4v) is 2.62. The molecule has 0 aromatic heterocycles. The normalized spacial score (nSPS) is 20.4. The number of hydrogen-bond acceptors (Lipinski definition) is 4. The monoisotopic (exact) mass is 359 g/mol. The van der Waals surface area contributed by atoms with Crippen LogP contribution in [0.3, 0.4) is 0 Å². The smallest absolute Gasteiger partial charge is 0.392 e. The Balaban J connectivity index is 2.03. The zero-order valence-electron chi connectivity index (χ0n) is 13.6. The van der Waals surface area contributed by atoms with Crippen LogP contribution in [-0.2, 0) is 16.1 Å². The van der Waals surface area contributed by atoms with Crippen molar-refractivity contribution in [3.63, 3.8) is 0 Å². The average Bonchev–Trinajstić information content (AvgIpc) is 2.98. The molecule has 0 aliphatic carbocycles. The summed E-state index contributed by atoms with van der Waals surface area (Å²) >= 11 is 0. The van der Waals surface area contributed by atoms with Crippen LogP contribution in [0, 0.1) is 0 Å². The Morgan fingerprint density at radius 2 is 2.12 bits per heavy atom. The summed E-state index contributed by atoms with van der Waals surface area (Å²) in [6.07, 6.45) is -5.19. The number of rotatable bonds is 5. The van der Waals surface area contributed by atoms with Gasteiger partial charge in [-0.25, -0.2) is 0 Å². The molecule has 25 heavy (non-hydrogen) atoms. The van der Waals surface area contributed by atoms with E-state index in [2.05, 4.69) is 10.6 Å². The van der Waals surface area contributed by atoms with E-state index < -0.39 is 24.2 Å². The molecule has 2 rings (SSSR count). The van der Waals surface area contributed by atoms with E-state index in [1.54, 1.807) is 18.2 Å². The molecule has 1 fully saturated rings. The number of hydrogen-bond donors (Lipinski definition) is 3. The van der Waals surface area contributed by atoms with E-state index in [0.29, 0.717) is 29.1 Å². The molecular formula is C16H20F3N3O3. The predicted molar refractivity (Wildman–Crippen MR) is 84.6 cm³/mol. The van der Waals surface area contributed by atoms with E-state index in [1.807, 2.05) is 0 Å². The highest BCUT2D eigenvalue weighted by Crippen LogP contribution is 2.21. The molecule has 2 atom stereocenters. The number of alkyl halides is 3. The van der Waals surface area contributed by atoms with Crippen LogP contribution >= 0.6 is 0 Å². The van der Waals surface area contributed by atoms with Gasteiger partial charge in [0.15, 0.2) is 0 Å². The third-order valence-electron chi connectivity index (χ3n) is 3.90. The molecule has 138 valence electrons. The van der Waals surface area contributed by atoms with Gasteiger partial charge in [-0.15, -0.1) is 0 Å². The van der Waals surface area contributed by atoms with Crippen molar-refractivity contribution < 1.29 is 27.9 Å². The summed E-state index contributed by atoms with van der Waals surface area (Å²) in [6.45, 7) is 1.51. The minimum Gasteiger partial charge on any atom is -0.392 e. The Hall–Kier alpha value is -2.13. The van der Waals surface area contributed by atoms with Crippen LogP contribution in [0.15, 0.2) is 24.3 Å². The second-order valence-electron chi connectivity index (χ2n) is 5.86. The lowest BCUT2D eigenvalue weighted by Gasteiger charge is -2.22. The van der Waals surface area contributed by atoms with Crippen LogP contribution in [0.4, 0.5) is 18.9 Å². The van der Waals surface area contributed by atoms with Crippen molar-refractivity contribution >= 4 is 17.5 Å². The predicted octanol–water partition coefficient (Wildman–Crippen LogP) is 1.26. The Kier molecular flexibility index (Phi) is 6.02. The second kappa shape index (κ2) is 7.83. The first-order chi connectivity index (χ1) is 11.7. The van der Waals surface area contributed by atoms with Gasteiger partial charge in [0.2, 0.25) is 5.91 Å². The van der Waals surface area contributed by atoms with Gasteiger partial charge in [-0.05, 0) is 31.0 Å². The van der Waals surface area contributed by atoms with Crippen molar-refractivity contribution in [2.24, 2.45) is 0 Å². The first-order valence-corrected chi connectivity index (χ1v) is 7.88. The maximum Gasteiger partial charge on any atom is 0.471 e. The number of halogens is 3. The summed E-state index contributed by atoms with van der Waals surface area (Å²) in [4.78, 5) is 24.1. The van der Waals surface area contributed by atoms with Crippen LogP contribution < -0.4 is 10.6 Å². The van der Waals surface area contributed by atoms with Gasteiger partial charge >= 0.3 is 12.1 Å². The van der Waals surface area contributed by atoms with Crippen molar-refractivity contribution in [2.45, 2.75) is 38.2 Å². The van der Waals surface area contributed by atoms with Crippen LogP contribution in [0.1, 0.15) is 18.9 Å². The van der Waals surface area contributed by atoms with Crippen molar-refractivity contribution in [3.8, 4) is 0 Å². The summed E-state index contributed by atoms with van der Waals surface area (Å²) in [5, 5.41) is 15.0. The maximum absolute atomic E-state index is 12.6. The lowest BCUT2D eigenvalue weighted by molar-refractivity contribution is -0.185. The van der Waals surface area contributed by atoms with Gasteiger partial charge in [-0.2, -0.15) is 13.2 Å². The van der Waals surface area contributed by atoms with Gasteiger partial charge < -0.3 is 20.6 Å². The lowest BCUT2D eigenvalue weighted by Crippen LogP contribution is -2.40. The van der Waals surface area contributed by atoms with E-state index in [4.69, 9.17) is 0 Å². The number of benzene rings is 1. The molecule has 9 heteroatoms. The minimum atomic E-state index is -4.92. The molecule has 2 amide bonds. The van der Waals surface area contributed by atoms with Crippen LogP contribution in [0.2, 0.25) is 0 Å². The molecule has 1 aromatic carbocycles. The molecule has 1 aromatic rings. The maximum atomic E-state index is 12.6. The fraction of sp³-hybridized carbons (Fsp3) is 0.500. The summed E-state index contributed by atoms with van der Waals surface area (Å²) in [5.74, 6) is -2.22. The van der Waals surface area contributed by atoms with Crippen LogP contribution in [0.25, 0.3) is 0 Å². The molecular weight excluding hydrogens is 339 g/mol. The molecule has 2 unspecified atom stereocenters. The molecule has 1 aliphatic rings. The number of β-amino-alcohol motifs (C(OH)–C–C–N with tert-alkyl or cyclic N) is 1. The Labute approximate surface area is 143 Å². The highest BCUT2D eigenvalue weighted by atomic mass is 19.4. The number of carbonyl (C=O) groups is 2. The molecule has 6 nitrogen and oxygen atoms in total. The van der Waals surface area contributed by atoms with E-state index >= 15 is 0 Å². The number of carbonyl (C=O) groups excluding carboxylic acids is 2. The number of aliphatic hydroxyl groups is 1. The van der Waals surface area contributed by atoms with Gasteiger partial charge in [0.1, 0.15) is 0 Å². The summed E-state index contributed by atoms with van der Waals surface area (Å²) in [5.41, 5.74) is 0.887. The van der Waals surface area contributed by atoms with Gasteiger partial charge in [0.25, 0.3) is 0 Å². The molecule has 0 radical (unpaired) electrons. The first kappa shape index (κ1) is 19.2.